The fourth-order valence-corrected chi connectivity index (χ4v) is 4.40. The van der Waals surface area contributed by atoms with Gasteiger partial charge in [-0.1, -0.05) is 27.2 Å². The van der Waals surface area contributed by atoms with Gasteiger partial charge in [0.25, 0.3) is 0 Å². The Morgan fingerprint density at radius 1 is 1.24 bits per heavy atom. The molecule has 1 saturated carbocycles. The van der Waals surface area contributed by atoms with Crippen molar-refractivity contribution in [3.8, 4) is 0 Å². The van der Waals surface area contributed by atoms with Gasteiger partial charge in [0, 0.05) is 28.9 Å². The maximum Gasteiger partial charge on any atom is 0.141 e. The maximum absolute atomic E-state index is 12.5. The Kier molecular flexibility index (Phi) is 2.11. The summed E-state index contributed by atoms with van der Waals surface area (Å²) in [6.45, 7) is 6.75. The molecule has 0 N–H and O–H groups in total. The second-order valence-electron chi connectivity index (χ2n) is 6.65. The number of rotatable bonds is 0. The van der Waals surface area contributed by atoms with Crippen molar-refractivity contribution in [1.82, 2.24) is 0 Å². The molecule has 2 atom stereocenters. The Morgan fingerprint density at radius 2 is 2.00 bits per heavy atom. The molecule has 2 nitrogen and oxygen atoms in total. The molecular formula is C15H20O2. The first-order valence-electron chi connectivity index (χ1n) is 6.53. The molecule has 0 aromatic carbocycles. The van der Waals surface area contributed by atoms with E-state index in [9.17, 15) is 4.79 Å². The second-order valence-corrected chi connectivity index (χ2v) is 6.65. The number of fused-ring (bicyclic) bond motifs is 3. The van der Waals surface area contributed by atoms with E-state index in [4.69, 9.17) is 4.42 Å². The van der Waals surface area contributed by atoms with Crippen molar-refractivity contribution in [1.29, 1.82) is 0 Å². The molecule has 0 unspecified atom stereocenters. The zero-order valence-electron chi connectivity index (χ0n) is 10.9. The number of hydrogen-bond donors (Lipinski definition) is 0. The highest BCUT2D eigenvalue weighted by molar-refractivity contribution is 5.88. The van der Waals surface area contributed by atoms with Gasteiger partial charge in [-0.3, -0.25) is 4.79 Å². The molecule has 3 rings (SSSR count). The van der Waals surface area contributed by atoms with Gasteiger partial charge in [0.05, 0.1) is 12.5 Å². The van der Waals surface area contributed by atoms with Gasteiger partial charge in [-0.25, -0.2) is 0 Å². The molecular weight excluding hydrogens is 212 g/mol. The van der Waals surface area contributed by atoms with Crippen molar-refractivity contribution in [3.05, 3.63) is 23.7 Å². The number of furan rings is 1. The molecule has 17 heavy (non-hydrogen) atoms. The van der Waals surface area contributed by atoms with E-state index in [2.05, 4.69) is 20.8 Å². The molecule has 92 valence electrons. The first-order chi connectivity index (χ1) is 7.95. The molecule has 1 heterocycles. The van der Waals surface area contributed by atoms with E-state index in [1.807, 2.05) is 6.26 Å². The average molecular weight is 232 g/mol. The van der Waals surface area contributed by atoms with Gasteiger partial charge in [-0.2, -0.15) is 0 Å². The summed E-state index contributed by atoms with van der Waals surface area (Å²) in [5, 5.41) is 0. The molecule has 1 aromatic heterocycles. The molecule has 0 saturated heterocycles. The molecule has 2 aliphatic carbocycles. The minimum absolute atomic E-state index is 0.000579. The Morgan fingerprint density at radius 3 is 2.76 bits per heavy atom. The highest BCUT2D eigenvalue weighted by atomic mass is 16.3. The van der Waals surface area contributed by atoms with Crippen LogP contribution in [0.4, 0.5) is 0 Å². The topological polar surface area (TPSA) is 30.2 Å². The highest BCUT2D eigenvalue weighted by Crippen LogP contribution is 2.55. The molecule has 0 spiro atoms. The van der Waals surface area contributed by atoms with Crippen LogP contribution in [0, 0.1) is 11.3 Å². The van der Waals surface area contributed by atoms with Gasteiger partial charge in [0.2, 0.25) is 0 Å². The molecule has 1 aromatic rings. The summed E-state index contributed by atoms with van der Waals surface area (Å²) in [6, 6.07) is 0. The summed E-state index contributed by atoms with van der Waals surface area (Å²) in [6.07, 6.45) is 7.67. The van der Waals surface area contributed by atoms with E-state index < -0.39 is 0 Å². The van der Waals surface area contributed by atoms with Crippen molar-refractivity contribution < 1.29 is 9.21 Å². The smallest absolute Gasteiger partial charge is 0.141 e. The minimum Gasteiger partial charge on any atom is -0.472 e. The van der Waals surface area contributed by atoms with E-state index in [0.717, 1.165) is 18.4 Å². The highest BCUT2D eigenvalue weighted by Gasteiger charge is 2.54. The lowest BCUT2D eigenvalue weighted by atomic mass is 9.50. The van der Waals surface area contributed by atoms with Crippen LogP contribution in [0.5, 0.6) is 0 Å². The number of hydrogen-bond acceptors (Lipinski definition) is 2. The van der Waals surface area contributed by atoms with Gasteiger partial charge in [0.1, 0.15) is 5.78 Å². The van der Waals surface area contributed by atoms with Crippen molar-refractivity contribution in [2.24, 2.45) is 11.3 Å². The van der Waals surface area contributed by atoms with Crippen LogP contribution in [0.1, 0.15) is 51.2 Å². The zero-order valence-corrected chi connectivity index (χ0v) is 10.9. The average Bonchev–Trinajstić information content (AvgIpc) is 2.64. The van der Waals surface area contributed by atoms with Crippen LogP contribution < -0.4 is 0 Å². The monoisotopic (exact) mass is 232 g/mol. The van der Waals surface area contributed by atoms with Gasteiger partial charge in [-0.15, -0.1) is 0 Å². The fraction of sp³-hybridized carbons (Fsp3) is 0.667. The number of Topliss-reactive ketones (excluding diaryl/α,β-unsaturated/α-hetero) is 1. The van der Waals surface area contributed by atoms with E-state index in [1.54, 1.807) is 6.26 Å². The van der Waals surface area contributed by atoms with E-state index in [1.165, 1.54) is 12.0 Å². The molecule has 0 bridgehead atoms. The predicted octanol–water partition coefficient (Wildman–Crippen LogP) is 3.49. The lowest BCUT2D eigenvalue weighted by Gasteiger charge is -2.52. The molecule has 1 fully saturated rings. The van der Waals surface area contributed by atoms with Crippen molar-refractivity contribution in [2.45, 2.75) is 51.9 Å². The van der Waals surface area contributed by atoms with Crippen LogP contribution in [0.25, 0.3) is 0 Å². The van der Waals surface area contributed by atoms with E-state index in [0.29, 0.717) is 12.2 Å². The van der Waals surface area contributed by atoms with Crippen molar-refractivity contribution in [3.63, 3.8) is 0 Å². The second kappa shape index (κ2) is 3.24. The Balaban J connectivity index is 2.18. The lowest BCUT2D eigenvalue weighted by Crippen LogP contribution is -2.52. The summed E-state index contributed by atoms with van der Waals surface area (Å²) in [5.41, 5.74) is 2.53. The van der Waals surface area contributed by atoms with Gasteiger partial charge in [0.15, 0.2) is 0 Å². The molecule has 2 heteroatoms. The molecule has 0 aliphatic heterocycles. The van der Waals surface area contributed by atoms with E-state index >= 15 is 0 Å². The third-order valence-electron chi connectivity index (χ3n) is 4.98. The maximum atomic E-state index is 12.5. The SMILES string of the molecule is CC1(C)CCC[C@]2(C)c3cocc3CC(=O)[C@@H]12. The zero-order chi connectivity index (χ0) is 12.3. The Bertz CT molecular complexity index is 469. The Labute approximate surface area is 102 Å². The summed E-state index contributed by atoms with van der Waals surface area (Å²) < 4.78 is 5.35. The van der Waals surface area contributed by atoms with Crippen molar-refractivity contribution >= 4 is 5.78 Å². The quantitative estimate of drug-likeness (QED) is 0.685. The lowest BCUT2D eigenvalue weighted by molar-refractivity contribution is -0.132. The standard InChI is InChI=1S/C15H20O2/c1-14(2)5-4-6-15(3)11-9-17-8-10(11)7-12(16)13(14)15/h8-9,13H,4-7H2,1-3H3/t13-,15+/m0/s1. The van der Waals surface area contributed by atoms with E-state index in [-0.39, 0.29) is 16.7 Å². The van der Waals surface area contributed by atoms with Crippen LogP contribution in [0.3, 0.4) is 0 Å². The molecule has 0 radical (unpaired) electrons. The first kappa shape index (κ1) is 11.1. The van der Waals surface area contributed by atoms with Crippen LogP contribution in [-0.2, 0) is 16.6 Å². The van der Waals surface area contributed by atoms with Crippen LogP contribution in [-0.4, -0.2) is 5.78 Å². The molecule has 2 aliphatic rings. The summed E-state index contributed by atoms with van der Waals surface area (Å²) in [5.74, 6) is 0.569. The van der Waals surface area contributed by atoms with Crippen LogP contribution in [0.2, 0.25) is 0 Å². The number of carbonyl (C=O) groups excluding carboxylic acids is 1. The summed E-state index contributed by atoms with van der Waals surface area (Å²) in [4.78, 5) is 12.5. The Hall–Kier alpha value is -1.05. The third-order valence-corrected chi connectivity index (χ3v) is 4.98. The van der Waals surface area contributed by atoms with Crippen LogP contribution in [0.15, 0.2) is 16.9 Å². The van der Waals surface area contributed by atoms with Gasteiger partial charge >= 0.3 is 0 Å². The first-order valence-corrected chi connectivity index (χ1v) is 6.53. The third kappa shape index (κ3) is 1.36. The van der Waals surface area contributed by atoms with Gasteiger partial charge in [-0.05, 0) is 18.3 Å². The largest absolute Gasteiger partial charge is 0.472 e. The van der Waals surface area contributed by atoms with Crippen LogP contribution >= 0.6 is 0 Å². The minimum atomic E-state index is -0.000579. The number of carbonyl (C=O) groups is 1. The van der Waals surface area contributed by atoms with Crippen molar-refractivity contribution in [2.75, 3.05) is 0 Å². The summed E-state index contributed by atoms with van der Waals surface area (Å²) in [7, 11) is 0. The predicted molar refractivity (Wildman–Crippen MR) is 65.9 cm³/mol. The van der Waals surface area contributed by atoms with Gasteiger partial charge < -0.3 is 4.42 Å². The normalized spacial score (nSPS) is 35.2. The number of ketones is 1. The molecule has 0 amide bonds. The fourth-order valence-electron chi connectivity index (χ4n) is 4.40. The summed E-state index contributed by atoms with van der Waals surface area (Å²) >= 11 is 0.